The van der Waals surface area contributed by atoms with Crippen molar-refractivity contribution in [2.75, 3.05) is 14.1 Å². The number of likely N-dealkylation sites (N-methyl/N-ethyl adjacent to an activating group) is 1. The van der Waals surface area contributed by atoms with Gasteiger partial charge in [-0.05, 0) is 28.1 Å². The zero-order valence-electron chi connectivity index (χ0n) is 11.7. The van der Waals surface area contributed by atoms with Gasteiger partial charge >= 0.3 is 0 Å². The summed E-state index contributed by atoms with van der Waals surface area (Å²) in [6.45, 7) is 0. The summed E-state index contributed by atoms with van der Waals surface area (Å²) < 4.78 is 1.70. The maximum absolute atomic E-state index is 12.2. The van der Waals surface area contributed by atoms with Crippen LogP contribution in [0, 0.1) is 0 Å². The first-order chi connectivity index (χ1) is 10.1. The quantitative estimate of drug-likeness (QED) is 0.843. The van der Waals surface area contributed by atoms with Crippen LogP contribution in [0.3, 0.4) is 0 Å². The molecular formula is C14H14ClN5O. The lowest BCUT2D eigenvalue weighted by atomic mass is 9.98. The molecule has 0 aliphatic carbocycles. The molecule has 1 aromatic carbocycles. The molecule has 3 rings (SSSR count). The van der Waals surface area contributed by atoms with Crippen LogP contribution in [0.4, 0.5) is 0 Å². The third-order valence-electron chi connectivity index (χ3n) is 3.44. The van der Waals surface area contributed by atoms with Gasteiger partial charge < -0.3 is 4.90 Å². The van der Waals surface area contributed by atoms with Gasteiger partial charge in [-0.25, -0.2) is 4.68 Å². The Kier molecular flexibility index (Phi) is 3.47. The topological polar surface area (TPSA) is 63.9 Å². The minimum Gasteiger partial charge on any atom is -0.345 e. The number of allylic oxidation sites excluding steroid dienone is 1. The van der Waals surface area contributed by atoms with Crippen LogP contribution in [-0.2, 0) is 11.2 Å². The normalized spacial score (nSPS) is 17.1. The first kappa shape index (κ1) is 13.8. The number of tetrazole rings is 1. The number of hydrogen-bond donors (Lipinski definition) is 0. The summed E-state index contributed by atoms with van der Waals surface area (Å²) in [5.74, 6) is 0.619. The van der Waals surface area contributed by atoms with E-state index in [1.807, 2.05) is 30.3 Å². The molecule has 108 valence electrons. The highest BCUT2D eigenvalue weighted by Gasteiger charge is 2.28. The minimum atomic E-state index is -0.267. The van der Waals surface area contributed by atoms with E-state index in [2.05, 4.69) is 15.5 Å². The SMILES string of the molecule is CN(C)C(=O)C1=CC(c2ccccc2Cl)n2nnnc2C1. The summed E-state index contributed by atoms with van der Waals surface area (Å²) >= 11 is 6.27. The van der Waals surface area contributed by atoms with Gasteiger partial charge in [-0.15, -0.1) is 5.10 Å². The van der Waals surface area contributed by atoms with Crippen LogP contribution in [0.15, 0.2) is 35.9 Å². The van der Waals surface area contributed by atoms with Crippen LogP contribution in [0.1, 0.15) is 17.4 Å². The van der Waals surface area contributed by atoms with Gasteiger partial charge in [-0.3, -0.25) is 4.79 Å². The Morgan fingerprint density at radius 2 is 2.14 bits per heavy atom. The molecule has 0 saturated heterocycles. The van der Waals surface area contributed by atoms with Crippen LogP contribution in [0.25, 0.3) is 0 Å². The van der Waals surface area contributed by atoms with E-state index in [-0.39, 0.29) is 11.9 Å². The Labute approximate surface area is 127 Å². The third-order valence-corrected chi connectivity index (χ3v) is 3.78. The van der Waals surface area contributed by atoms with Gasteiger partial charge in [0.25, 0.3) is 0 Å². The first-order valence-corrected chi connectivity index (χ1v) is 6.89. The van der Waals surface area contributed by atoms with Gasteiger partial charge in [0.05, 0.1) is 0 Å². The minimum absolute atomic E-state index is 0.0405. The van der Waals surface area contributed by atoms with E-state index in [9.17, 15) is 4.79 Å². The fraction of sp³-hybridized carbons (Fsp3) is 0.286. The van der Waals surface area contributed by atoms with Gasteiger partial charge in [-0.1, -0.05) is 29.8 Å². The predicted octanol–water partition coefficient (Wildman–Crippen LogP) is 1.49. The summed E-state index contributed by atoms with van der Waals surface area (Å²) in [4.78, 5) is 13.8. The number of fused-ring (bicyclic) bond motifs is 1. The fourth-order valence-corrected chi connectivity index (χ4v) is 2.65. The second-order valence-corrected chi connectivity index (χ2v) is 5.48. The van der Waals surface area contributed by atoms with Crippen LogP contribution in [0.2, 0.25) is 5.02 Å². The highest BCUT2D eigenvalue weighted by molar-refractivity contribution is 6.31. The van der Waals surface area contributed by atoms with Crippen molar-refractivity contribution in [3.05, 3.63) is 52.3 Å². The van der Waals surface area contributed by atoms with Crippen molar-refractivity contribution in [2.24, 2.45) is 0 Å². The molecule has 1 unspecified atom stereocenters. The zero-order valence-corrected chi connectivity index (χ0v) is 12.4. The number of benzene rings is 1. The molecule has 6 nitrogen and oxygen atoms in total. The summed E-state index contributed by atoms with van der Waals surface area (Å²) in [6, 6.07) is 7.23. The van der Waals surface area contributed by atoms with Crippen molar-refractivity contribution in [2.45, 2.75) is 12.5 Å². The number of aromatic nitrogens is 4. The largest absolute Gasteiger partial charge is 0.345 e. The zero-order chi connectivity index (χ0) is 15.0. The molecule has 1 atom stereocenters. The fourth-order valence-electron chi connectivity index (χ4n) is 2.41. The third kappa shape index (κ3) is 2.42. The van der Waals surface area contributed by atoms with Gasteiger partial charge in [0.1, 0.15) is 6.04 Å². The Balaban J connectivity index is 2.10. The summed E-state index contributed by atoms with van der Waals surface area (Å²) in [7, 11) is 3.45. The van der Waals surface area contributed by atoms with E-state index in [1.165, 1.54) is 0 Å². The molecule has 0 bridgehead atoms. The number of carbonyl (C=O) groups excluding carboxylic acids is 1. The average molecular weight is 304 g/mol. The number of nitrogens with zero attached hydrogens (tertiary/aromatic N) is 5. The van der Waals surface area contributed by atoms with Gasteiger partial charge in [-0.2, -0.15) is 0 Å². The van der Waals surface area contributed by atoms with Crippen LogP contribution in [0.5, 0.6) is 0 Å². The van der Waals surface area contributed by atoms with Crippen molar-refractivity contribution >= 4 is 17.5 Å². The smallest absolute Gasteiger partial charge is 0.249 e. The molecule has 0 radical (unpaired) electrons. The van der Waals surface area contributed by atoms with Crippen molar-refractivity contribution in [1.82, 2.24) is 25.1 Å². The van der Waals surface area contributed by atoms with E-state index in [1.54, 1.807) is 23.7 Å². The summed E-state index contributed by atoms with van der Waals surface area (Å²) in [6.07, 6.45) is 2.30. The number of carbonyl (C=O) groups is 1. The molecular weight excluding hydrogens is 290 g/mol. The molecule has 1 aliphatic heterocycles. The van der Waals surface area contributed by atoms with E-state index in [0.29, 0.717) is 22.8 Å². The maximum Gasteiger partial charge on any atom is 0.249 e. The van der Waals surface area contributed by atoms with Crippen molar-refractivity contribution in [1.29, 1.82) is 0 Å². The number of halogens is 1. The highest BCUT2D eigenvalue weighted by atomic mass is 35.5. The molecule has 2 heterocycles. The molecule has 7 heteroatoms. The molecule has 0 fully saturated rings. The average Bonchev–Trinajstić information content (AvgIpc) is 2.94. The molecule has 0 saturated carbocycles. The standard InChI is InChI=1S/C14H14ClN5O/c1-19(2)14(21)9-7-12(10-5-3-4-6-11(10)15)20-13(8-9)16-17-18-20/h3-7,12H,8H2,1-2H3. The lowest BCUT2D eigenvalue weighted by molar-refractivity contribution is -0.124. The Morgan fingerprint density at radius 1 is 1.38 bits per heavy atom. The van der Waals surface area contributed by atoms with Crippen LogP contribution < -0.4 is 0 Å². The maximum atomic E-state index is 12.2. The predicted molar refractivity (Wildman–Crippen MR) is 77.9 cm³/mol. The molecule has 0 spiro atoms. The molecule has 2 aromatic rings. The second-order valence-electron chi connectivity index (χ2n) is 5.07. The number of amides is 1. The Bertz CT molecular complexity index is 722. The first-order valence-electron chi connectivity index (χ1n) is 6.51. The highest BCUT2D eigenvalue weighted by Crippen LogP contribution is 2.31. The van der Waals surface area contributed by atoms with E-state index in [4.69, 9.17) is 11.6 Å². The lowest BCUT2D eigenvalue weighted by Gasteiger charge is -2.23. The Hall–Kier alpha value is -2.21. The molecule has 1 aliphatic rings. The Morgan fingerprint density at radius 3 is 2.86 bits per heavy atom. The van der Waals surface area contributed by atoms with E-state index in [0.717, 1.165) is 5.56 Å². The number of rotatable bonds is 2. The summed E-state index contributed by atoms with van der Waals surface area (Å²) in [5, 5.41) is 12.4. The van der Waals surface area contributed by atoms with Crippen molar-refractivity contribution in [3.8, 4) is 0 Å². The van der Waals surface area contributed by atoms with Crippen LogP contribution in [-0.4, -0.2) is 45.1 Å². The lowest BCUT2D eigenvalue weighted by Crippen LogP contribution is -2.29. The van der Waals surface area contributed by atoms with E-state index >= 15 is 0 Å². The van der Waals surface area contributed by atoms with Crippen LogP contribution >= 0.6 is 11.6 Å². The second kappa shape index (κ2) is 5.29. The molecule has 1 amide bonds. The van der Waals surface area contributed by atoms with E-state index < -0.39 is 0 Å². The monoisotopic (exact) mass is 303 g/mol. The summed E-state index contributed by atoms with van der Waals surface area (Å²) in [5.41, 5.74) is 1.55. The molecule has 21 heavy (non-hydrogen) atoms. The molecule has 1 aromatic heterocycles. The van der Waals surface area contributed by atoms with Gasteiger partial charge in [0, 0.05) is 31.1 Å². The van der Waals surface area contributed by atoms with Crippen molar-refractivity contribution < 1.29 is 4.79 Å². The number of hydrogen-bond acceptors (Lipinski definition) is 4. The van der Waals surface area contributed by atoms with Crippen molar-refractivity contribution in [3.63, 3.8) is 0 Å². The van der Waals surface area contributed by atoms with Gasteiger partial charge in [0.2, 0.25) is 5.91 Å². The molecule has 0 N–H and O–H groups in total. The van der Waals surface area contributed by atoms with Gasteiger partial charge in [0.15, 0.2) is 5.82 Å².